The first-order chi connectivity index (χ1) is 18.4. The second kappa shape index (κ2) is 10.1. The molecule has 5 rings (SSSR count). The third-order valence-electron chi connectivity index (χ3n) is 7.28. The number of amides is 2. The molecule has 0 fully saturated rings. The predicted octanol–water partition coefficient (Wildman–Crippen LogP) is 4.40. The molecule has 0 radical (unpaired) electrons. The number of rotatable bonds is 8. The van der Waals surface area contributed by atoms with E-state index in [1.807, 2.05) is 78.2 Å². The minimum absolute atomic E-state index is 0.187. The average molecular weight is 514 g/mol. The minimum Gasteiger partial charge on any atom is -0.497 e. The van der Waals surface area contributed by atoms with Crippen LogP contribution in [0.25, 0.3) is 10.9 Å². The highest BCUT2D eigenvalue weighted by atomic mass is 16.5. The largest absolute Gasteiger partial charge is 0.497 e. The van der Waals surface area contributed by atoms with Gasteiger partial charge in [-0.25, -0.2) is 0 Å². The smallest absolute Gasteiger partial charge is 0.271 e. The molecule has 1 aromatic heterocycles. The molecule has 2 amide bonds. The maximum absolute atomic E-state index is 14.0. The number of carbonyl (C=O) groups excluding carboxylic acids is 2. The second-order valence-corrected chi connectivity index (χ2v) is 9.51. The quantitative estimate of drug-likeness (QED) is 0.378. The van der Waals surface area contributed by atoms with E-state index < -0.39 is 5.54 Å². The maximum Gasteiger partial charge on any atom is 0.271 e. The van der Waals surface area contributed by atoms with Gasteiger partial charge in [0.15, 0.2) is 0 Å². The lowest BCUT2D eigenvalue weighted by Gasteiger charge is -2.44. The first-order valence-electron chi connectivity index (χ1n) is 12.4. The van der Waals surface area contributed by atoms with Gasteiger partial charge >= 0.3 is 0 Å². The number of hydrogen-bond acceptors (Lipinski definition) is 5. The van der Waals surface area contributed by atoms with Crippen molar-refractivity contribution in [2.24, 2.45) is 0 Å². The van der Waals surface area contributed by atoms with Gasteiger partial charge in [-0.15, -0.1) is 0 Å². The van der Waals surface area contributed by atoms with Gasteiger partial charge in [-0.2, -0.15) is 0 Å². The molecule has 3 aromatic carbocycles. The highest BCUT2D eigenvalue weighted by molar-refractivity contribution is 6.03. The van der Waals surface area contributed by atoms with Gasteiger partial charge in [0, 0.05) is 34.6 Å². The van der Waals surface area contributed by atoms with E-state index in [4.69, 9.17) is 14.2 Å². The van der Waals surface area contributed by atoms with Crippen LogP contribution in [0.3, 0.4) is 0 Å². The van der Waals surface area contributed by atoms with Crippen LogP contribution in [0.5, 0.6) is 17.2 Å². The topological polar surface area (TPSA) is 82.0 Å². The van der Waals surface area contributed by atoms with Crippen molar-refractivity contribution in [2.45, 2.75) is 32.1 Å². The van der Waals surface area contributed by atoms with Crippen molar-refractivity contribution >= 4 is 22.7 Å². The summed E-state index contributed by atoms with van der Waals surface area (Å²) in [6.07, 6.45) is 0. The highest BCUT2D eigenvalue weighted by Gasteiger charge is 2.47. The van der Waals surface area contributed by atoms with E-state index in [1.165, 1.54) is 0 Å². The molecule has 0 saturated carbocycles. The molecule has 0 aliphatic carbocycles. The zero-order valence-electron chi connectivity index (χ0n) is 22.0. The first-order valence-corrected chi connectivity index (χ1v) is 12.4. The lowest BCUT2D eigenvalue weighted by molar-refractivity contribution is -0.133. The van der Waals surface area contributed by atoms with Crippen molar-refractivity contribution in [3.8, 4) is 17.2 Å². The highest BCUT2D eigenvalue weighted by Crippen LogP contribution is 2.35. The van der Waals surface area contributed by atoms with E-state index in [0.717, 1.165) is 22.0 Å². The molecule has 8 nitrogen and oxygen atoms in total. The van der Waals surface area contributed by atoms with Gasteiger partial charge in [-0.1, -0.05) is 36.4 Å². The SMILES string of the molecule is COc1ccc(CN2C(=O)c3cc4ccccc4n3C[C@@]2(C)C(=O)NCc2ccccc2OC)c(OC)c1. The van der Waals surface area contributed by atoms with E-state index in [9.17, 15) is 9.59 Å². The number of methoxy groups -OCH3 is 3. The standard InChI is InChI=1S/C30H31N3O5/c1-30(29(35)31-17-21-10-6-8-12-26(21)37-3)19-32-24-11-7-5-9-20(24)15-25(32)28(34)33(30)18-22-13-14-23(36-2)16-27(22)38-4/h5-16H,17-19H2,1-4H3,(H,31,35)/t30-/m0/s1. The molecule has 1 N–H and O–H groups in total. The molecule has 1 atom stereocenters. The van der Waals surface area contributed by atoms with Gasteiger partial charge in [0.05, 0.1) is 34.4 Å². The van der Waals surface area contributed by atoms with Gasteiger partial charge in [0.1, 0.15) is 28.5 Å². The monoisotopic (exact) mass is 513 g/mol. The summed E-state index contributed by atoms with van der Waals surface area (Å²) < 4.78 is 18.3. The third kappa shape index (κ3) is 4.32. The summed E-state index contributed by atoms with van der Waals surface area (Å²) in [6.45, 7) is 2.58. The zero-order chi connectivity index (χ0) is 26.9. The van der Waals surface area contributed by atoms with Crippen LogP contribution in [0.1, 0.15) is 28.5 Å². The average Bonchev–Trinajstić information content (AvgIpc) is 3.32. The Hall–Kier alpha value is -4.46. The summed E-state index contributed by atoms with van der Waals surface area (Å²) in [4.78, 5) is 29.6. The Morgan fingerprint density at radius 1 is 0.895 bits per heavy atom. The fraction of sp³-hybridized carbons (Fsp3) is 0.267. The third-order valence-corrected chi connectivity index (χ3v) is 7.28. The summed E-state index contributed by atoms with van der Waals surface area (Å²) in [7, 11) is 4.77. The fourth-order valence-corrected chi connectivity index (χ4v) is 5.12. The number of aromatic nitrogens is 1. The Bertz CT molecular complexity index is 1510. The molecule has 0 bridgehead atoms. The number of fused-ring (bicyclic) bond motifs is 3. The molecule has 0 unspecified atom stereocenters. The second-order valence-electron chi connectivity index (χ2n) is 9.51. The zero-order valence-corrected chi connectivity index (χ0v) is 22.0. The molecule has 4 aromatic rings. The summed E-state index contributed by atoms with van der Waals surface area (Å²) in [6, 6.07) is 22.7. The summed E-state index contributed by atoms with van der Waals surface area (Å²) >= 11 is 0. The molecule has 1 aliphatic rings. The minimum atomic E-state index is -1.18. The van der Waals surface area contributed by atoms with Crippen LogP contribution in [0, 0.1) is 0 Å². The lowest BCUT2D eigenvalue weighted by Crippen LogP contribution is -2.63. The van der Waals surface area contributed by atoms with Crippen LogP contribution in [0.15, 0.2) is 72.8 Å². The Balaban J connectivity index is 1.54. The number of para-hydroxylation sites is 2. The van der Waals surface area contributed by atoms with Crippen molar-refractivity contribution < 1.29 is 23.8 Å². The van der Waals surface area contributed by atoms with Crippen LogP contribution in [0.2, 0.25) is 0 Å². The number of hydrogen-bond donors (Lipinski definition) is 1. The molecule has 196 valence electrons. The van der Waals surface area contributed by atoms with E-state index >= 15 is 0 Å². The van der Waals surface area contributed by atoms with Gasteiger partial charge in [0.2, 0.25) is 5.91 Å². The fourth-order valence-electron chi connectivity index (χ4n) is 5.12. The molecule has 1 aliphatic heterocycles. The van der Waals surface area contributed by atoms with E-state index in [1.54, 1.807) is 32.3 Å². The number of carbonyl (C=O) groups is 2. The molecular formula is C30H31N3O5. The van der Waals surface area contributed by atoms with E-state index in [2.05, 4.69) is 5.32 Å². The lowest BCUT2D eigenvalue weighted by atomic mass is 9.93. The van der Waals surface area contributed by atoms with Crippen LogP contribution in [-0.2, 0) is 24.4 Å². The van der Waals surface area contributed by atoms with Gasteiger partial charge in [-0.3, -0.25) is 9.59 Å². The number of ether oxygens (including phenoxy) is 3. The Labute approximate surface area is 221 Å². The predicted molar refractivity (Wildman–Crippen MR) is 145 cm³/mol. The normalized spacial score (nSPS) is 16.7. The van der Waals surface area contributed by atoms with Crippen molar-refractivity contribution in [1.29, 1.82) is 0 Å². The molecule has 38 heavy (non-hydrogen) atoms. The van der Waals surface area contributed by atoms with Crippen LogP contribution in [-0.4, -0.2) is 48.1 Å². The number of nitrogens with one attached hydrogen (secondary N) is 1. The van der Waals surface area contributed by atoms with Crippen LogP contribution < -0.4 is 19.5 Å². The Kier molecular flexibility index (Phi) is 6.72. The molecule has 2 heterocycles. The van der Waals surface area contributed by atoms with Crippen molar-refractivity contribution in [1.82, 2.24) is 14.8 Å². The molecular weight excluding hydrogens is 482 g/mol. The van der Waals surface area contributed by atoms with Gasteiger partial charge in [-0.05, 0) is 37.3 Å². The van der Waals surface area contributed by atoms with Gasteiger partial charge in [0.25, 0.3) is 5.91 Å². The number of benzene rings is 3. The Morgan fingerprint density at radius 2 is 1.63 bits per heavy atom. The van der Waals surface area contributed by atoms with E-state index in [0.29, 0.717) is 29.5 Å². The number of nitrogens with zero attached hydrogens (tertiary/aromatic N) is 2. The summed E-state index contributed by atoms with van der Waals surface area (Å²) in [5.41, 5.74) is 1.91. The molecule has 0 spiro atoms. The van der Waals surface area contributed by atoms with Gasteiger partial charge < -0.3 is 29.0 Å². The van der Waals surface area contributed by atoms with Crippen molar-refractivity contribution in [3.63, 3.8) is 0 Å². The first kappa shape index (κ1) is 25.2. The molecule has 8 heteroatoms. The van der Waals surface area contributed by atoms with Crippen molar-refractivity contribution in [2.75, 3.05) is 21.3 Å². The van der Waals surface area contributed by atoms with Crippen LogP contribution in [0.4, 0.5) is 0 Å². The van der Waals surface area contributed by atoms with Crippen molar-refractivity contribution in [3.05, 3.63) is 89.6 Å². The summed E-state index contributed by atoms with van der Waals surface area (Å²) in [5.74, 6) is 1.44. The summed E-state index contributed by atoms with van der Waals surface area (Å²) in [5, 5.41) is 4.02. The maximum atomic E-state index is 14.0. The molecule has 0 saturated heterocycles. The Morgan fingerprint density at radius 3 is 2.39 bits per heavy atom. The van der Waals surface area contributed by atoms with E-state index in [-0.39, 0.29) is 24.9 Å². The van der Waals surface area contributed by atoms with Crippen LogP contribution >= 0.6 is 0 Å².